The maximum absolute atomic E-state index is 12.7. The Hall–Kier alpha value is -3.09. The van der Waals surface area contributed by atoms with Crippen molar-refractivity contribution in [2.75, 3.05) is 34.7 Å². The zero-order valence-electron chi connectivity index (χ0n) is 16.5. The zero-order chi connectivity index (χ0) is 20.1. The average Bonchev–Trinajstić information content (AvgIpc) is 3.35. The summed E-state index contributed by atoms with van der Waals surface area (Å²) in [5.41, 5.74) is 3.10. The highest BCUT2D eigenvalue weighted by Gasteiger charge is 2.48. The van der Waals surface area contributed by atoms with Crippen molar-refractivity contribution in [3.05, 3.63) is 41.0 Å². The molecular weight excluding hydrogens is 376 g/mol. The molecule has 2 unspecified atom stereocenters. The van der Waals surface area contributed by atoms with Crippen LogP contribution in [-0.2, 0) is 16.0 Å². The van der Waals surface area contributed by atoms with Gasteiger partial charge in [0.15, 0.2) is 23.0 Å². The second-order valence-electron chi connectivity index (χ2n) is 7.46. The minimum Gasteiger partial charge on any atom is -0.493 e. The highest BCUT2D eigenvalue weighted by Crippen LogP contribution is 2.52. The summed E-state index contributed by atoms with van der Waals surface area (Å²) in [5, 5.41) is 0. The van der Waals surface area contributed by atoms with Crippen LogP contribution in [-0.4, -0.2) is 40.7 Å². The fourth-order valence-electron chi connectivity index (χ4n) is 4.79. The Morgan fingerprint density at radius 3 is 2.24 bits per heavy atom. The fraction of sp³-hybridized carbons (Fsp3) is 0.409. The van der Waals surface area contributed by atoms with E-state index in [0.29, 0.717) is 29.6 Å². The van der Waals surface area contributed by atoms with Gasteiger partial charge in [0.25, 0.3) is 0 Å². The Kier molecular flexibility index (Phi) is 4.19. The third-order valence-corrected chi connectivity index (χ3v) is 6.08. The minimum absolute atomic E-state index is 0.111. The molecule has 2 aromatic carbocycles. The number of ether oxygens (including phenoxy) is 6. The van der Waals surface area contributed by atoms with Gasteiger partial charge < -0.3 is 28.4 Å². The number of carbonyl (C=O) groups is 1. The standard InChI is InChI=1S/C22H22O7/c1-24-17-6-12(7-18(25-2)21(17)26-3)19-14-8-16-15(28-10-29-16)5-11(14)4-13-9-27-22(23)20(13)19/h5-8,13,19-20H,4,9-10H2,1-3H3/t13?,19?,20-/m0/s1. The lowest BCUT2D eigenvalue weighted by Gasteiger charge is -2.34. The molecule has 0 bridgehead atoms. The molecule has 7 heteroatoms. The third-order valence-electron chi connectivity index (χ3n) is 6.08. The van der Waals surface area contributed by atoms with Crippen molar-refractivity contribution in [1.29, 1.82) is 0 Å². The predicted octanol–water partition coefficient (Wildman–Crippen LogP) is 2.92. The highest BCUT2D eigenvalue weighted by molar-refractivity contribution is 5.78. The summed E-state index contributed by atoms with van der Waals surface area (Å²) in [5.74, 6) is 2.53. The van der Waals surface area contributed by atoms with Gasteiger partial charge in [0.2, 0.25) is 12.5 Å². The van der Waals surface area contributed by atoms with Crippen LogP contribution < -0.4 is 23.7 Å². The summed E-state index contributed by atoms with van der Waals surface area (Å²) in [4.78, 5) is 12.7. The minimum atomic E-state index is -0.273. The molecule has 2 aromatic rings. The maximum Gasteiger partial charge on any atom is 0.310 e. The van der Waals surface area contributed by atoms with Crippen molar-refractivity contribution in [2.24, 2.45) is 11.8 Å². The third kappa shape index (κ3) is 2.68. The summed E-state index contributed by atoms with van der Waals surface area (Å²) in [6.45, 7) is 0.639. The first kappa shape index (κ1) is 18.0. The molecule has 29 heavy (non-hydrogen) atoms. The molecular formula is C22H22O7. The van der Waals surface area contributed by atoms with E-state index in [-0.39, 0.29) is 30.5 Å². The first-order valence-corrected chi connectivity index (χ1v) is 9.53. The molecule has 0 aromatic heterocycles. The van der Waals surface area contributed by atoms with Gasteiger partial charge in [-0.1, -0.05) is 0 Å². The molecule has 0 radical (unpaired) electrons. The van der Waals surface area contributed by atoms with Crippen LogP contribution in [0.3, 0.4) is 0 Å². The van der Waals surface area contributed by atoms with Gasteiger partial charge in [0.05, 0.1) is 33.9 Å². The molecule has 0 amide bonds. The molecule has 5 rings (SSSR count). The summed E-state index contributed by atoms with van der Waals surface area (Å²) < 4.78 is 33.2. The lowest BCUT2D eigenvalue weighted by Crippen LogP contribution is -2.31. The van der Waals surface area contributed by atoms with E-state index in [1.807, 2.05) is 24.3 Å². The van der Waals surface area contributed by atoms with E-state index in [2.05, 4.69) is 0 Å². The number of carbonyl (C=O) groups excluding carboxylic acids is 1. The van der Waals surface area contributed by atoms with Crippen molar-refractivity contribution in [1.82, 2.24) is 0 Å². The Balaban J connectivity index is 1.71. The largest absolute Gasteiger partial charge is 0.493 e. The predicted molar refractivity (Wildman–Crippen MR) is 102 cm³/mol. The van der Waals surface area contributed by atoms with E-state index in [1.165, 1.54) is 0 Å². The van der Waals surface area contributed by atoms with Gasteiger partial charge in [0.1, 0.15) is 0 Å². The summed E-state index contributed by atoms with van der Waals surface area (Å²) in [6.07, 6.45) is 0.767. The van der Waals surface area contributed by atoms with E-state index in [9.17, 15) is 4.79 Å². The van der Waals surface area contributed by atoms with E-state index < -0.39 is 0 Å². The molecule has 0 saturated carbocycles. The maximum atomic E-state index is 12.7. The smallest absolute Gasteiger partial charge is 0.310 e. The molecule has 0 spiro atoms. The van der Waals surface area contributed by atoms with Gasteiger partial charge in [0, 0.05) is 11.8 Å². The number of esters is 1. The highest BCUT2D eigenvalue weighted by atomic mass is 16.7. The van der Waals surface area contributed by atoms with Gasteiger partial charge in [-0.2, -0.15) is 0 Å². The molecule has 0 N–H and O–H groups in total. The molecule has 1 saturated heterocycles. The van der Waals surface area contributed by atoms with Gasteiger partial charge in [-0.15, -0.1) is 0 Å². The SMILES string of the molecule is COc1cc(C2c3cc4c(cc3CC3COC(=O)[C@@H]32)OCO4)cc(OC)c1OC. The first-order chi connectivity index (χ1) is 14.1. The van der Waals surface area contributed by atoms with Gasteiger partial charge in [-0.25, -0.2) is 0 Å². The Morgan fingerprint density at radius 1 is 0.897 bits per heavy atom. The molecule has 152 valence electrons. The monoisotopic (exact) mass is 398 g/mol. The van der Waals surface area contributed by atoms with Crippen molar-refractivity contribution in [2.45, 2.75) is 12.3 Å². The lowest BCUT2D eigenvalue weighted by molar-refractivity contribution is -0.141. The molecule has 1 aliphatic carbocycles. The van der Waals surface area contributed by atoms with Gasteiger partial charge in [-0.05, 0) is 47.4 Å². The van der Waals surface area contributed by atoms with Crippen molar-refractivity contribution < 1.29 is 33.2 Å². The summed E-state index contributed by atoms with van der Waals surface area (Å²) >= 11 is 0. The molecule has 3 atom stereocenters. The number of methoxy groups -OCH3 is 3. The first-order valence-electron chi connectivity index (χ1n) is 9.53. The van der Waals surface area contributed by atoms with Crippen LogP contribution in [0.5, 0.6) is 28.7 Å². The van der Waals surface area contributed by atoms with E-state index in [4.69, 9.17) is 28.4 Å². The molecule has 3 aliphatic rings. The van der Waals surface area contributed by atoms with Crippen LogP contribution >= 0.6 is 0 Å². The molecule has 2 heterocycles. The van der Waals surface area contributed by atoms with Crippen LogP contribution in [0.15, 0.2) is 24.3 Å². The summed E-state index contributed by atoms with van der Waals surface area (Å²) in [6, 6.07) is 7.84. The van der Waals surface area contributed by atoms with Gasteiger partial charge in [-0.3, -0.25) is 4.79 Å². The lowest BCUT2D eigenvalue weighted by atomic mass is 9.67. The van der Waals surface area contributed by atoms with Crippen LogP contribution in [0, 0.1) is 11.8 Å². The van der Waals surface area contributed by atoms with Gasteiger partial charge >= 0.3 is 5.97 Å². The van der Waals surface area contributed by atoms with E-state index in [0.717, 1.165) is 28.9 Å². The topological polar surface area (TPSA) is 72.5 Å². The van der Waals surface area contributed by atoms with Crippen molar-refractivity contribution in [3.8, 4) is 28.7 Å². The Labute approximate surface area is 168 Å². The number of fused-ring (bicyclic) bond motifs is 3. The number of hydrogen-bond donors (Lipinski definition) is 0. The van der Waals surface area contributed by atoms with E-state index in [1.54, 1.807) is 21.3 Å². The van der Waals surface area contributed by atoms with Crippen LogP contribution in [0.2, 0.25) is 0 Å². The van der Waals surface area contributed by atoms with Crippen LogP contribution in [0.4, 0.5) is 0 Å². The Morgan fingerprint density at radius 2 is 1.59 bits per heavy atom. The van der Waals surface area contributed by atoms with Crippen molar-refractivity contribution >= 4 is 5.97 Å². The summed E-state index contributed by atoms with van der Waals surface area (Å²) in [7, 11) is 4.74. The second kappa shape index (κ2) is 6.76. The van der Waals surface area contributed by atoms with Crippen LogP contribution in [0.1, 0.15) is 22.6 Å². The number of benzene rings is 2. The fourth-order valence-corrected chi connectivity index (χ4v) is 4.79. The Bertz CT molecular complexity index is 958. The van der Waals surface area contributed by atoms with Crippen LogP contribution in [0.25, 0.3) is 0 Å². The normalized spacial score (nSPS) is 23.8. The quantitative estimate of drug-likeness (QED) is 0.733. The van der Waals surface area contributed by atoms with E-state index >= 15 is 0 Å². The number of cyclic esters (lactones) is 1. The second-order valence-corrected chi connectivity index (χ2v) is 7.46. The number of rotatable bonds is 4. The average molecular weight is 398 g/mol. The zero-order valence-corrected chi connectivity index (χ0v) is 16.5. The molecule has 7 nitrogen and oxygen atoms in total. The molecule has 1 fully saturated rings. The van der Waals surface area contributed by atoms with Crippen molar-refractivity contribution in [3.63, 3.8) is 0 Å². The number of hydrogen-bond acceptors (Lipinski definition) is 7. The molecule has 2 aliphatic heterocycles.